The van der Waals surface area contributed by atoms with E-state index in [9.17, 15) is 9.18 Å². The van der Waals surface area contributed by atoms with Crippen molar-refractivity contribution in [1.29, 1.82) is 0 Å². The van der Waals surface area contributed by atoms with E-state index >= 15 is 0 Å². The number of benzene rings is 2. The van der Waals surface area contributed by atoms with E-state index in [0.29, 0.717) is 24.7 Å². The van der Waals surface area contributed by atoms with Crippen LogP contribution >= 0.6 is 11.6 Å². The molecule has 2 aliphatic heterocycles. The van der Waals surface area contributed by atoms with Crippen LogP contribution in [0.15, 0.2) is 48.5 Å². The van der Waals surface area contributed by atoms with Gasteiger partial charge in [0.05, 0.1) is 17.6 Å². The van der Waals surface area contributed by atoms with Gasteiger partial charge in [0.1, 0.15) is 6.10 Å². The third kappa shape index (κ3) is 3.83. The molecular formula is C25H27ClFNO3. The van der Waals surface area contributed by atoms with Crippen molar-refractivity contribution in [1.82, 2.24) is 4.90 Å². The van der Waals surface area contributed by atoms with Gasteiger partial charge in [0.2, 0.25) is 5.91 Å². The lowest BCUT2D eigenvalue weighted by Gasteiger charge is -2.47. The standard InChI is InChI=1S/C25H27ClFNO3/c26-19-8-6-18(7-9-19)25(10-3-11-25)23(29)28-14-12-24(13-15-28)16-20(17-30-24)31-22-5-2-1-4-21(22)27/h1-2,4-9,20H,3,10-17H2/t20-/m0/s1. The SMILES string of the molecule is O=C(N1CCC2(CC1)C[C@H](Oc1ccccc1F)CO2)C1(c2ccc(Cl)cc2)CCC1. The van der Waals surface area contributed by atoms with Crippen LogP contribution in [0.3, 0.4) is 0 Å². The number of nitrogens with zero attached hydrogens (tertiary/aromatic N) is 1. The molecule has 1 atom stereocenters. The molecule has 1 spiro atoms. The number of ether oxygens (including phenoxy) is 2. The highest BCUT2D eigenvalue weighted by molar-refractivity contribution is 6.30. The van der Waals surface area contributed by atoms with Gasteiger partial charge < -0.3 is 14.4 Å². The van der Waals surface area contributed by atoms with Gasteiger partial charge in [0.25, 0.3) is 0 Å². The smallest absolute Gasteiger partial charge is 0.233 e. The van der Waals surface area contributed by atoms with Crippen LogP contribution in [0.5, 0.6) is 5.75 Å². The third-order valence-corrected chi connectivity index (χ3v) is 7.53. The van der Waals surface area contributed by atoms with E-state index in [1.807, 2.05) is 29.2 Å². The Morgan fingerprint density at radius 1 is 1.06 bits per heavy atom. The lowest BCUT2D eigenvalue weighted by atomic mass is 9.63. The van der Waals surface area contributed by atoms with Crippen LogP contribution in [0.4, 0.5) is 4.39 Å². The molecule has 164 valence electrons. The summed E-state index contributed by atoms with van der Waals surface area (Å²) in [4.78, 5) is 15.5. The number of para-hydroxylation sites is 1. The molecule has 1 saturated carbocycles. The molecule has 4 nitrogen and oxygen atoms in total. The molecule has 1 aliphatic carbocycles. The first-order valence-corrected chi connectivity index (χ1v) is 11.5. The van der Waals surface area contributed by atoms with E-state index in [0.717, 1.165) is 44.1 Å². The molecule has 0 N–H and O–H groups in total. The number of amides is 1. The predicted octanol–water partition coefficient (Wildman–Crippen LogP) is 5.13. The first-order valence-electron chi connectivity index (χ1n) is 11.1. The summed E-state index contributed by atoms with van der Waals surface area (Å²) in [7, 11) is 0. The molecule has 2 heterocycles. The third-order valence-electron chi connectivity index (χ3n) is 7.28. The Labute approximate surface area is 187 Å². The predicted molar refractivity (Wildman–Crippen MR) is 117 cm³/mol. The van der Waals surface area contributed by atoms with Crippen LogP contribution in [0.25, 0.3) is 0 Å². The quantitative estimate of drug-likeness (QED) is 0.657. The van der Waals surface area contributed by atoms with Crippen molar-refractivity contribution < 1.29 is 18.7 Å². The van der Waals surface area contributed by atoms with Crippen LogP contribution < -0.4 is 4.74 Å². The summed E-state index contributed by atoms with van der Waals surface area (Å²) in [6.07, 6.45) is 5.00. The molecular weight excluding hydrogens is 417 g/mol. The Hall–Kier alpha value is -2.11. The normalized spacial score (nSPS) is 24.1. The average molecular weight is 444 g/mol. The first kappa shape index (κ1) is 20.8. The number of likely N-dealkylation sites (tertiary alicyclic amines) is 1. The van der Waals surface area contributed by atoms with Crippen LogP contribution in [-0.4, -0.2) is 42.2 Å². The van der Waals surface area contributed by atoms with Gasteiger partial charge in [-0.2, -0.15) is 0 Å². The number of halogens is 2. The summed E-state index contributed by atoms with van der Waals surface area (Å²) >= 11 is 6.05. The molecule has 2 aromatic carbocycles. The van der Waals surface area contributed by atoms with Crippen molar-refractivity contribution in [3.05, 3.63) is 64.9 Å². The largest absolute Gasteiger partial charge is 0.485 e. The summed E-state index contributed by atoms with van der Waals surface area (Å²) in [5.74, 6) is 0.153. The van der Waals surface area contributed by atoms with Gasteiger partial charge in [-0.15, -0.1) is 0 Å². The zero-order chi connectivity index (χ0) is 21.5. The first-order chi connectivity index (χ1) is 15.0. The summed E-state index contributed by atoms with van der Waals surface area (Å²) in [5, 5.41) is 0.691. The highest BCUT2D eigenvalue weighted by Gasteiger charge is 2.50. The number of piperidine rings is 1. The van der Waals surface area contributed by atoms with Crippen molar-refractivity contribution in [3.8, 4) is 5.75 Å². The fourth-order valence-corrected chi connectivity index (χ4v) is 5.42. The van der Waals surface area contributed by atoms with E-state index in [1.165, 1.54) is 6.07 Å². The number of rotatable bonds is 4. The highest BCUT2D eigenvalue weighted by Crippen LogP contribution is 2.47. The van der Waals surface area contributed by atoms with E-state index < -0.39 is 5.41 Å². The maximum absolute atomic E-state index is 13.9. The van der Waals surface area contributed by atoms with E-state index in [4.69, 9.17) is 21.1 Å². The van der Waals surface area contributed by atoms with Crippen molar-refractivity contribution in [2.75, 3.05) is 19.7 Å². The van der Waals surface area contributed by atoms with Gasteiger partial charge in [-0.1, -0.05) is 42.3 Å². The molecule has 2 aromatic rings. The molecule has 0 radical (unpaired) electrons. The van der Waals surface area contributed by atoms with E-state index in [2.05, 4.69) is 0 Å². The Balaban J connectivity index is 1.22. The Bertz CT molecular complexity index is 951. The Morgan fingerprint density at radius 2 is 1.77 bits per heavy atom. The highest BCUT2D eigenvalue weighted by atomic mass is 35.5. The van der Waals surface area contributed by atoms with Gasteiger partial charge >= 0.3 is 0 Å². The molecule has 3 aliphatic rings. The summed E-state index contributed by atoms with van der Waals surface area (Å²) in [6, 6.07) is 14.2. The Morgan fingerprint density at radius 3 is 2.42 bits per heavy atom. The zero-order valence-corrected chi connectivity index (χ0v) is 18.2. The summed E-state index contributed by atoms with van der Waals surface area (Å²) in [5.41, 5.74) is 0.394. The second-order valence-electron chi connectivity index (χ2n) is 9.10. The van der Waals surface area contributed by atoms with Crippen molar-refractivity contribution >= 4 is 17.5 Å². The molecule has 5 rings (SSSR count). The van der Waals surface area contributed by atoms with Gasteiger partial charge in [0, 0.05) is 24.5 Å². The monoisotopic (exact) mass is 443 g/mol. The lowest BCUT2D eigenvalue weighted by Crippen LogP contribution is -2.55. The molecule has 0 aromatic heterocycles. The molecule has 6 heteroatoms. The summed E-state index contributed by atoms with van der Waals surface area (Å²) in [6.45, 7) is 1.82. The second-order valence-corrected chi connectivity index (χ2v) is 9.54. The minimum atomic E-state index is -0.401. The molecule has 0 bridgehead atoms. The summed E-state index contributed by atoms with van der Waals surface area (Å²) < 4.78 is 25.9. The van der Waals surface area contributed by atoms with Crippen LogP contribution in [0.2, 0.25) is 5.02 Å². The average Bonchev–Trinajstić information content (AvgIpc) is 3.13. The van der Waals surface area contributed by atoms with E-state index in [-0.39, 0.29) is 29.2 Å². The Kier molecular flexibility index (Phi) is 5.43. The molecule has 3 fully saturated rings. The lowest BCUT2D eigenvalue weighted by molar-refractivity contribution is -0.145. The van der Waals surface area contributed by atoms with Gasteiger partial charge in [-0.25, -0.2) is 4.39 Å². The zero-order valence-electron chi connectivity index (χ0n) is 17.5. The number of carbonyl (C=O) groups excluding carboxylic acids is 1. The number of hydrogen-bond acceptors (Lipinski definition) is 3. The molecule has 31 heavy (non-hydrogen) atoms. The molecule has 0 unspecified atom stereocenters. The topological polar surface area (TPSA) is 38.8 Å². The minimum absolute atomic E-state index is 0.161. The molecule has 1 amide bonds. The molecule has 2 saturated heterocycles. The number of hydrogen-bond donors (Lipinski definition) is 0. The van der Waals surface area contributed by atoms with Gasteiger partial charge in [-0.3, -0.25) is 4.79 Å². The van der Waals surface area contributed by atoms with Crippen molar-refractivity contribution in [2.45, 2.75) is 55.6 Å². The minimum Gasteiger partial charge on any atom is -0.485 e. The van der Waals surface area contributed by atoms with Crippen molar-refractivity contribution in [3.63, 3.8) is 0 Å². The van der Waals surface area contributed by atoms with Crippen LogP contribution in [-0.2, 0) is 14.9 Å². The second kappa shape index (κ2) is 8.10. The van der Waals surface area contributed by atoms with Gasteiger partial charge in [0.15, 0.2) is 11.6 Å². The van der Waals surface area contributed by atoms with Crippen LogP contribution in [0.1, 0.15) is 44.1 Å². The fourth-order valence-electron chi connectivity index (χ4n) is 5.29. The number of carbonyl (C=O) groups is 1. The van der Waals surface area contributed by atoms with Crippen LogP contribution in [0, 0.1) is 5.82 Å². The maximum atomic E-state index is 13.9. The fraction of sp³-hybridized carbons (Fsp3) is 0.480. The maximum Gasteiger partial charge on any atom is 0.233 e. The van der Waals surface area contributed by atoms with E-state index in [1.54, 1.807) is 18.2 Å². The van der Waals surface area contributed by atoms with Gasteiger partial charge in [-0.05, 0) is 55.5 Å². The van der Waals surface area contributed by atoms with Crippen molar-refractivity contribution in [2.24, 2.45) is 0 Å².